The summed E-state index contributed by atoms with van der Waals surface area (Å²) in [5.74, 6) is 12.8. The fraction of sp³-hybridized carbons (Fsp3) is 0.333. The molecule has 0 atom stereocenters. The number of hydrogen-bond donors (Lipinski definition) is 5. The van der Waals surface area contributed by atoms with Gasteiger partial charge in [-0.05, 0) is 12.1 Å². The molecule has 0 bridgehead atoms. The second-order valence-electron chi connectivity index (χ2n) is 2.17. The number of nitrogens with two attached hydrogens (primary N) is 3. The number of anilines is 1. The first-order chi connectivity index (χ1) is 6.85. The molecule has 0 heterocycles. The maximum atomic E-state index is 4.78. The zero-order chi connectivity index (χ0) is 11.2. The summed E-state index contributed by atoms with van der Waals surface area (Å²) in [6.07, 6.45) is 0. The lowest BCUT2D eigenvalue weighted by atomic mass is 10.3. The van der Waals surface area contributed by atoms with E-state index in [9.17, 15) is 0 Å². The van der Waals surface area contributed by atoms with E-state index < -0.39 is 0 Å². The highest BCUT2D eigenvalue weighted by Gasteiger charge is 1.77. The Bertz CT molecular complexity index is 176. The molecular weight excluding hydrogens is 178 g/mol. The molecule has 8 N–H and O–H groups in total. The largest absolute Gasteiger partial charge is 0.388 e. The van der Waals surface area contributed by atoms with E-state index >= 15 is 0 Å². The first-order valence-corrected chi connectivity index (χ1v) is 4.34. The molecule has 0 radical (unpaired) electrons. The quantitative estimate of drug-likeness (QED) is 0.341. The van der Waals surface area contributed by atoms with Crippen molar-refractivity contribution in [2.75, 3.05) is 18.9 Å². The van der Waals surface area contributed by atoms with Gasteiger partial charge in [-0.3, -0.25) is 23.0 Å². The van der Waals surface area contributed by atoms with Crippen molar-refractivity contribution in [2.45, 2.75) is 6.92 Å². The normalized spacial score (nSPS) is 7.50. The molecular formula is C9H21N5. The highest BCUT2D eigenvalue weighted by molar-refractivity contribution is 5.41. The molecule has 1 aromatic carbocycles. The smallest absolute Gasteiger partial charge is 0.0337 e. The van der Waals surface area contributed by atoms with E-state index in [-0.39, 0.29) is 0 Å². The van der Waals surface area contributed by atoms with E-state index in [1.165, 1.54) is 0 Å². The Kier molecular flexibility index (Phi) is 15.8. The fourth-order valence-corrected chi connectivity index (χ4v) is 0.605. The maximum Gasteiger partial charge on any atom is 0.0337 e. The lowest BCUT2D eigenvalue weighted by Gasteiger charge is -1.94. The topological polar surface area (TPSA) is 102 Å². The lowest BCUT2D eigenvalue weighted by Crippen LogP contribution is -2.20. The molecule has 0 amide bonds. The van der Waals surface area contributed by atoms with Crippen molar-refractivity contribution < 1.29 is 0 Å². The van der Waals surface area contributed by atoms with Crippen LogP contribution in [0.2, 0.25) is 0 Å². The molecule has 0 aliphatic rings. The number of nitrogens with one attached hydrogen (secondary N) is 2. The number of benzene rings is 1. The summed E-state index contributed by atoms with van der Waals surface area (Å²) in [7, 11) is 1.91. The molecule has 0 saturated heterocycles. The highest BCUT2D eigenvalue weighted by Crippen LogP contribution is 2.01. The molecule has 0 fully saturated rings. The van der Waals surface area contributed by atoms with Crippen molar-refractivity contribution in [1.29, 1.82) is 0 Å². The molecule has 0 saturated carbocycles. The van der Waals surface area contributed by atoms with Gasteiger partial charge in [0, 0.05) is 19.3 Å². The Balaban J connectivity index is 0. The van der Waals surface area contributed by atoms with Gasteiger partial charge in [-0.15, -0.1) is 0 Å². The van der Waals surface area contributed by atoms with Gasteiger partial charge in [0.15, 0.2) is 0 Å². The summed E-state index contributed by atoms with van der Waals surface area (Å²) in [5.41, 5.74) is 3.59. The van der Waals surface area contributed by atoms with Crippen LogP contribution in [0.1, 0.15) is 6.92 Å². The van der Waals surface area contributed by atoms with E-state index in [0.717, 1.165) is 12.2 Å². The van der Waals surface area contributed by atoms with E-state index in [1.54, 1.807) is 0 Å². The van der Waals surface area contributed by atoms with Crippen molar-refractivity contribution in [3.63, 3.8) is 0 Å². The SMILES string of the molecule is CCNN.CNc1ccccc1.NN. The molecule has 0 aliphatic heterocycles. The summed E-state index contributed by atoms with van der Waals surface area (Å²) >= 11 is 0. The second kappa shape index (κ2) is 14.4. The Hall–Kier alpha value is -1.14. The second-order valence-corrected chi connectivity index (χ2v) is 2.17. The first kappa shape index (κ1) is 15.3. The van der Waals surface area contributed by atoms with Gasteiger partial charge in [-0.2, -0.15) is 0 Å². The van der Waals surface area contributed by atoms with Crippen LogP contribution in [0, 0.1) is 0 Å². The molecule has 1 rings (SSSR count). The zero-order valence-corrected chi connectivity index (χ0v) is 8.83. The average molecular weight is 199 g/mol. The third-order valence-electron chi connectivity index (χ3n) is 1.27. The van der Waals surface area contributed by atoms with Gasteiger partial charge in [-0.1, -0.05) is 25.1 Å². The molecule has 0 spiro atoms. The van der Waals surface area contributed by atoms with Gasteiger partial charge in [0.2, 0.25) is 0 Å². The minimum atomic E-state index is 0.847. The number of hydrogen-bond acceptors (Lipinski definition) is 5. The third kappa shape index (κ3) is 10.9. The third-order valence-corrected chi connectivity index (χ3v) is 1.27. The Labute approximate surface area is 85.6 Å². The molecule has 5 heteroatoms. The average Bonchev–Trinajstić information content (AvgIpc) is 2.33. The van der Waals surface area contributed by atoms with Gasteiger partial charge in [0.1, 0.15) is 0 Å². The minimum Gasteiger partial charge on any atom is -0.388 e. The predicted molar refractivity (Wildman–Crippen MR) is 62.2 cm³/mol. The Morgan fingerprint density at radius 1 is 1.14 bits per heavy atom. The van der Waals surface area contributed by atoms with Crippen LogP contribution in [0.25, 0.3) is 0 Å². The van der Waals surface area contributed by atoms with Gasteiger partial charge in [-0.25, -0.2) is 0 Å². The molecule has 82 valence electrons. The van der Waals surface area contributed by atoms with Crippen molar-refractivity contribution >= 4 is 5.69 Å². The van der Waals surface area contributed by atoms with E-state index in [4.69, 9.17) is 5.84 Å². The van der Waals surface area contributed by atoms with Gasteiger partial charge < -0.3 is 5.32 Å². The molecule has 1 aromatic rings. The fourth-order valence-electron chi connectivity index (χ4n) is 0.605. The van der Waals surface area contributed by atoms with Gasteiger partial charge >= 0.3 is 0 Å². The number of hydrazine groups is 2. The summed E-state index contributed by atoms with van der Waals surface area (Å²) in [4.78, 5) is 0. The van der Waals surface area contributed by atoms with Crippen LogP contribution in [-0.4, -0.2) is 13.6 Å². The van der Waals surface area contributed by atoms with Crippen molar-refractivity contribution in [3.05, 3.63) is 30.3 Å². The van der Waals surface area contributed by atoms with Crippen LogP contribution in [-0.2, 0) is 0 Å². The molecule has 0 aromatic heterocycles. The van der Waals surface area contributed by atoms with Crippen LogP contribution >= 0.6 is 0 Å². The number of para-hydroxylation sites is 1. The van der Waals surface area contributed by atoms with Crippen LogP contribution < -0.4 is 28.3 Å². The first-order valence-electron chi connectivity index (χ1n) is 4.34. The molecule has 0 unspecified atom stereocenters. The van der Waals surface area contributed by atoms with Crippen molar-refractivity contribution in [3.8, 4) is 0 Å². The standard InChI is InChI=1S/C7H9N.C2H8N2.H4N2/c1-8-7-5-3-2-4-6-7;1-2-4-3;1-2/h2-6,8H,1H3;4H,2-3H2,1H3;1-2H2. The highest BCUT2D eigenvalue weighted by atomic mass is 15.2. The van der Waals surface area contributed by atoms with Crippen LogP contribution in [0.5, 0.6) is 0 Å². The van der Waals surface area contributed by atoms with Gasteiger partial charge in [0.05, 0.1) is 0 Å². The Morgan fingerprint density at radius 2 is 1.57 bits per heavy atom. The van der Waals surface area contributed by atoms with E-state index in [1.807, 2.05) is 44.3 Å². The van der Waals surface area contributed by atoms with E-state index in [2.05, 4.69) is 22.4 Å². The van der Waals surface area contributed by atoms with Crippen LogP contribution in [0.3, 0.4) is 0 Å². The predicted octanol–water partition coefficient (Wildman–Crippen LogP) is 0.0167. The van der Waals surface area contributed by atoms with E-state index in [0.29, 0.717) is 0 Å². The molecule has 14 heavy (non-hydrogen) atoms. The van der Waals surface area contributed by atoms with Crippen LogP contribution in [0.15, 0.2) is 30.3 Å². The maximum absolute atomic E-state index is 4.78. The monoisotopic (exact) mass is 199 g/mol. The summed E-state index contributed by atoms with van der Waals surface area (Å²) in [5, 5.41) is 3.03. The molecule has 0 aliphatic carbocycles. The van der Waals surface area contributed by atoms with Crippen molar-refractivity contribution in [1.82, 2.24) is 5.43 Å². The van der Waals surface area contributed by atoms with Crippen LogP contribution in [0.4, 0.5) is 5.69 Å². The number of rotatable bonds is 2. The summed E-state index contributed by atoms with van der Waals surface area (Å²) < 4.78 is 0. The van der Waals surface area contributed by atoms with Crippen molar-refractivity contribution in [2.24, 2.45) is 17.5 Å². The lowest BCUT2D eigenvalue weighted by molar-refractivity contribution is 0.781. The zero-order valence-electron chi connectivity index (χ0n) is 8.83. The molecule has 5 nitrogen and oxygen atoms in total. The van der Waals surface area contributed by atoms with Gasteiger partial charge in [0.25, 0.3) is 0 Å². The summed E-state index contributed by atoms with van der Waals surface area (Å²) in [6, 6.07) is 10.1. The minimum absolute atomic E-state index is 0.847. The summed E-state index contributed by atoms with van der Waals surface area (Å²) in [6.45, 7) is 2.79. The Morgan fingerprint density at radius 3 is 1.79 bits per heavy atom.